The van der Waals surface area contributed by atoms with E-state index in [0.717, 1.165) is 5.56 Å². The van der Waals surface area contributed by atoms with Crippen molar-refractivity contribution >= 4 is 5.97 Å². The highest BCUT2D eigenvalue weighted by Gasteiger charge is 2.34. The highest BCUT2D eigenvalue weighted by Crippen LogP contribution is 2.28. The van der Waals surface area contributed by atoms with Gasteiger partial charge in [-0.25, -0.2) is 0 Å². The summed E-state index contributed by atoms with van der Waals surface area (Å²) < 4.78 is 5.13. The molecule has 0 aromatic heterocycles. The van der Waals surface area contributed by atoms with Gasteiger partial charge in [-0.3, -0.25) is 4.79 Å². The molecular formula is C12H14O3. The molecule has 0 atom stereocenters. The lowest BCUT2D eigenvalue weighted by Gasteiger charge is -2.29. The minimum Gasteiger partial charge on any atom is -0.461 e. The Labute approximate surface area is 88.7 Å². The first kappa shape index (κ1) is 10.2. The average Bonchev–Trinajstić information content (AvgIpc) is 2.23. The molecule has 1 aliphatic carbocycles. The second-order valence-corrected chi connectivity index (χ2v) is 3.92. The quantitative estimate of drug-likeness (QED) is 0.762. The maximum absolute atomic E-state index is 11.4. The second-order valence-electron chi connectivity index (χ2n) is 3.92. The number of carbonyl (C=O) groups excluding carboxylic acids is 1. The highest BCUT2D eigenvalue weighted by atomic mass is 16.5. The van der Waals surface area contributed by atoms with Crippen LogP contribution in [-0.2, 0) is 16.1 Å². The van der Waals surface area contributed by atoms with Gasteiger partial charge in [-0.2, -0.15) is 0 Å². The summed E-state index contributed by atoms with van der Waals surface area (Å²) in [7, 11) is 0. The van der Waals surface area contributed by atoms with E-state index in [4.69, 9.17) is 9.84 Å². The van der Waals surface area contributed by atoms with Gasteiger partial charge in [0.05, 0.1) is 12.0 Å². The van der Waals surface area contributed by atoms with Gasteiger partial charge in [0, 0.05) is 0 Å². The van der Waals surface area contributed by atoms with Gasteiger partial charge in [-0.1, -0.05) is 30.3 Å². The topological polar surface area (TPSA) is 46.5 Å². The third-order valence-corrected chi connectivity index (χ3v) is 2.67. The summed E-state index contributed by atoms with van der Waals surface area (Å²) >= 11 is 0. The standard InChI is InChI=1S/C12H14O3/c13-11-6-10(7-11)12(14)15-8-9-4-2-1-3-5-9/h1-5,10-11,13H,6-8H2. The molecule has 1 aromatic carbocycles. The van der Waals surface area contributed by atoms with Crippen LogP contribution in [0.2, 0.25) is 0 Å². The van der Waals surface area contributed by atoms with Crippen molar-refractivity contribution in [3.8, 4) is 0 Å². The Morgan fingerprint density at radius 2 is 2.00 bits per heavy atom. The SMILES string of the molecule is O=C(OCc1ccccc1)C1CC(O)C1. The molecule has 0 bridgehead atoms. The molecule has 1 aliphatic rings. The molecule has 3 nitrogen and oxygen atoms in total. The van der Waals surface area contributed by atoms with Crippen molar-refractivity contribution in [1.82, 2.24) is 0 Å². The van der Waals surface area contributed by atoms with Crippen LogP contribution in [0.3, 0.4) is 0 Å². The number of aliphatic hydroxyl groups is 1. The molecule has 0 saturated heterocycles. The Kier molecular flexibility index (Phi) is 3.02. The molecule has 0 radical (unpaired) electrons. The van der Waals surface area contributed by atoms with Crippen LogP contribution in [0.15, 0.2) is 30.3 Å². The van der Waals surface area contributed by atoms with E-state index in [0.29, 0.717) is 19.4 Å². The van der Waals surface area contributed by atoms with Gasteiger partial charge in [0.25, 0.3) is 0 Å². The first-order valence-electron chi connectivity index (χ1n) is 5.14. The van der Waals surface area contributed by atoms with Crippen molar-refractivity contribution in [2.45, 2.75) is 25.6 Å². The summed E-state index contributed by atoms with van der Waals surface area (Å²) in [6.45, 7) is 0.326. The van der Waals surface area contributed by atoms with Crippen LogP contribution in [0, 0.1) is 5.92 Å². The fraction of sp³-hybridized carbons (Fsp3) is 0.417. The Balaban J connectivity index is 1.76. The molecule has 0 spiro atoms. The highest BCUT2D eigenvalue weighted by molar-refractivity contribution is 5.73. The van der Waals surface area contributed by atoms with Crippen molar-refractivity contribution in [2.24, 2.45) is 5.92 Å². The number of ether oxygens (including phenoxy) is 1. The summed E-state index contributed by atoms with van der Waals surface area (Å²) in [4.78, 5) is 11.4. The lowest BCUT2D eigenvalue weighted by atomic mass is 9.83. The number of hydrogen-bond donors (Lipinski definition) is 1. The molecule has 1 saturated carbocycles. The lowest BCUT2D eigenvalue weighted by Crippen LogP contribution is -2.35. The zero-order valence-corrected chi connectivity index (χ0v) is 8.43. The summed E-state index contributed by atoms with van der Waals surface area (Å²) in [6, 6.07) is 9.59. The Bertz CT molecular complexity index is 328. The van der Waals surface area contributed by atoms with E-state index in [1.165, 1.54) is 0 Å². The van der Waals surface area contributed by atoms with Gasteiger partial charge >= 0.3 is 5.97 Å². The Morgan fingerprint density at radius 1 is 1.33 bits per heavy atom. The van der Waals surface area contributed by atoms with Crippen LogP contribution in [0.5, 0.6) is 0 Å². The number of aliphatic hydroxyl groups excluding tert-OH is 1. The van der Waals surface area contributed by atoms with E-state index >= 15 is 0 Å². The molecule has 15 heavy (non-hydrogen) atoms. The maximum Gasteiger partial charge on any atom is 0.309 e. The molecule has 0 aliphatic heterocycles. The molecule has 1 fully saturated rings. The summed E-state index contributed by atoms with van der Waals surface area (Å²) in [6.07, 6.45) is 0.792. The maximum atomic E-state index is 11.4. The van der Waals surface area contributed by atoms with Gasteiger partial charge in [-0.15, -0.1) is 0 Å². The van der Waals surface area contributed by atoms with E-state index in [9.17, 15) is 4.79 Å². The summed E-state index contributed by atoms with van der Waals surface area (Å²) in [5.74, 6) is -0.284. The first-order chi connectivity index (χ1) is 7.25. The minimum atomic E-state index is -0.306. The van der Waals surface area contributed by atoms with Crippen LogP contribution >= 0.6 is 0 Å². The number of carbonyl (C=O) groups is 1. The van der Waals surface area contributed by atoms with Crippen molar-refractivity contribution in [2.75, 3.05) is 0 Å². The smallest absolute Gasteiger partial charge is 0.309 e. The normalized spacial score (nSPS) is 24.3. The molecule has 1 N–H and O–H groups in total. The van der Waals surface area contributed by atoms with Gasteiger partial charge in [0.1, 0.15) is 6.61 Å². The molecular weight excluding hydrogens is 192 g/mol. The summed E-state index contributed by atoms with van der Waals surface area (Å²) in [5, 5.41) is 9.04. The number of benzene rings is 1. The molecule has 3 heteroatoms. The van der Waals surface area contributed by atoms with E-state index in [1.807, 2.05) is 30.3 Å². The average molecular weight is 206 g/mol. The number of rotatable bonds is 3. The molecule has 0 unspecified atom stereocenters. The van der Waals surface area contributed by atoms with Gasteiger partial charge in [0.2, 0.25) is 0 Å². The lowest BCUT2D eigenvalue weighted by molar-refractivity contribution is -0.157. The van der Waals surface area contributed by atoms with E-state index in [2.05, 4.69) is 0 Å². The zero-order valence-electron chi connectivity index (χ0n) is 8.43. The molecule has 0 heterocycles. The van der Waals surface area contributed by atoms with Crippen molar-refractivity contribution in [1.29, 1.82) is 0 Å². The third-order valence-electron chi connectivity index (χ3n) is 2.67. The predicted molar refractivity (Wildman–Crippen MR) is 55.0 cm³/mol. The van der Waals surface area contributed by atoms with E-state index < -0.39 is 0 Å². The van der Waals surface area contributed by atoms with Crippen molar-refractivity contribution in [3.05, 3.63) is 35.9 Å². The zero-order chi connectivity index (χ0) is 10.7. The largest absolute Gasteiger partial charge is 0.461 e. The van der Waals surface area contributed by atoms with Crippen LogP contribution in [0.25, 0.3) is 0 Å². The fourth-order valence-electron chi connectivity index (χ4n) is 1.63. The first-order valence-corrected chi connectivity index (χ1v) is 5.14. The van der Waals surface area contributed by atoms with Gasteiger partial charge < -0.3 is 9.84 Å². The van der Waals surface area contributed by atoms with Crippen LogP contribution in [-0.4, -0.2) is 17.2 Å². The summed E-state index contributed by atoms with van der Waals surface area (Å²) in [5.41, 5.74) is 0.991. The minimum absolute atomic E-state index is 0.0938. The molecule has 0 amide bonds. The fourth-order valence-corrected chi connectivity index (χ4v) is 1.63. The van der Waals surface area contributed by atoms with Crippen LogP contribution in [0.4, 0.5) is 0 Å². The number of esters is 1. The third kappa shape index (κ3) is 2.57. The predicted octanol–water partition coefficient (Wildman–Crippen LogP) is 1.50. The van der Waals surface area contributed by atoms with Gasteiger partial charge in [-0.05, 0) is 18.4 Å². The molecule has 80 valence electrons. The number of hydrogen-bond acceptors (Lipinski definition) is 3. The van der Waals surface area contributed by atoms with Crippen LogP contribution in [0.1, 0.15) is 18.4 Å². The Hall–Kier alpha value is -1.35. The molecule has 2 rings (SSSR count). The van der Waals surface area contributed by atoms with Crippen molar-refractivity contribution in [3.63, 3.8) is 0 Å². The monoisotopic (exact) mass is 206 g/mol. The van der Waals surface area contributed by atoms with E-state index in [-0.39, 0.29) is 18.0 Å². The Morgan fingerprint density at radius 3 is 2.60 bits per heavy atom. The van der Waals surface area contributed by atoms with E-state index in [1.54, 1.807) is 0 Å². The van der Waals surface area contributed by atoms with Gasteiger partial charge in [0.15, 0.2) is 0 Å². The van der Waals surface area contributed by atoms with Crippen LogP contribution < -0.4 is 0 Å². The van der Waals surface area contributed by atoms with Crippen molar-refractivity contribution < 1.29 is 14.6 Å². The molecule has 1 aromatic rings. The second kappa shape index (κ2) is 4.45.